The van der Waals surface area contributed by atoms with Gasteiger partial charge >= 0.3 is 0 Å². The van der Waals surface area contributed by atoms with Crippen molar-refractivity contribution in [3.63, 3.8) is 0 Å². The van der Waals surface area contributed by atoms with Crippen molar-refractivity contribution >= 4 is 17.7 Å². The van der Waals surface area contributed by atoms with Gasteiger partial charge in [-0.3, -0.25) is 4.79 Å². The molecular formula is C13H17NOS. The van der Waals surface area contributed by atoms with Crippen molar-refractivity contribution in [1.29, 1.82) is 0 Å². The first-order valence-electron chi connectivity index (χ1n) is 5.81. The highest BCUT2D eigenvalue weighted by Gasteiger charge is 2.27. The molecule has 0 aromatic carbocycles. The third kappa shape index (κ3) is 2.64. The van der Waals surface area contributed by atoms with E-state index in [0.717, 1.165) is 12.1 Å². The second-order valence-corrected chi connectivity index (χ2v) is 5.32. The van der Waals surface area contributed by atoms with E-state index in [4.69, 9.17) is 0 Å². The van der Waals surface area contributed by atoms with Gasteiger partial charge in [-0.05, 0) is 42.7 Å². The number of carbonyl (C=O) groups excluding carboxylic acids is 1. The summed E-state index contributed by atoms with van der Waals surface area (Å²) in [5, 5.41) is -0.243. The molecule has 2 nitrogen and oxygen atoms in total. The Labute approximate surface area is 102 Å². The molecule has 0 bridgehead atoms. The van der Waals surface area contributed by atoms with Gasteiger partial charge in [0.05, 0.1) is 0 Å². The van der Waals surface area contributed by atoms with Gasteiger partial charge in [0, 0.05) is 5.69 Å². The average molecular weight is 235 g/mol. The van der Waals surface area contributed by atoms with Gasteiger partial charge in [-0.1, -0.05) is 32.5 Å². The molecule has 86 valence electrons. The number of pyridine rings is 1. The summed E-state index contributed by atoms with van der Waals surface area (Å²) < 4.78 is 0. The van der Waals surface area contributed by atoms with Crippen LogP contribution in [0.1, 0.15) is 54.4 Å². The van der Waals surface area contributed by atoms with E-state index in [-0.39, 0.29) is 5.12 Å². The van der Waals surface area contributed by atoms with E-state index in [1.807, 2.05) is 0 Å². The zero-order valence-electron chi connectivity index (χ0n) is 9.73. The summed E-state index contributed by atoms with van der Waals surface area (Å²) in [4.78, 5) is 15.6. The molecule has 0 spiro atoms. The molecule has 0 saturated heterocycles. The predicted molar refractivity (Wildman–Crippen MR) is 68.1 cm³/mol. The van der Waals surface area contributed by atoms with Gasteiger partial charge in [0.2, 0.25) is 5.12 Å². The van der Waals surface area contributed by atoms with Gasteiger partial charge in [-0.25, -0.2) is 4.98 Å². The molecule has 1 aromatic rings. The fraction of sp³-hybridized carbons (Fsp3) is 0.538. The van der Waals surface area contributed by atoms with E-state index in [1.165, 1.54) is 18.4 Å². The number of thiol groups is 1. The van der Waals surface area contributed by atoms with Crippen LogP contribution in [-0.4, -0.2) is 10.1 Å². The quantitative estimate of drug-likeness (QED) is 0.812. The van der Waals surface area contributed by atoms with Crippen LogP contribution in [0, 0.1) is 5.92 Å². The van der Waals surface area contributed by atoms with Gasteiger partial charge in [0.15, 0.2) is 0 Å². The molecule has 1 aliphatic carbocycles. The first-order chi connectivity index (χ1) is 7.58. The van der Waals surface area contributed by atoms with E-state index in [1.54, 1.807) is 6.07 Å². The molecule has 1 saturated carbocycles. The summed E-state index contributed by atoms with van der Waals surface area (Å²) in [5.41, 5.74) is 2.91. The molecule has 0 unspecified atom stereocenters. The molecular weight excluding hydrogens is 218 g/mol. The van der Waals surface area contributed by atoms with Crippen LogP contribution in [-0.2, 0) is 6.42 Å². The van der Waals surface area contributed by atoms with Gasteiger partial charge in [0.1, 0.15) is 5.69 Å². The highest BCUT2D eigenvalue weighted by atomic mass is 32.1. The van der Waals surface area contributed by atoms with Crippen LogP contribution in [0.15, 0.2) is 12.1 Å². The average Bonchev–Trinajstić information content (AvgIpc) is 3.00. The van der Waals surface area contributed by atoms with Crippen LogP contribution < -0.4 is 0 Å². The maximum atomic E-state index is 11.2. The second-order valence-electron chi connectivity index (χ2n) is 4.91. The van der Waals surface area contributed by atoms with Crippen molar-refractivity contribution in [2.75, 3.05) is 0 Å². The maximum Gasteiger partial charge on any atom is 0.234 e. The number of hydrogen-bond donors (Lipinski definition) is 1. The van der Waals surface area contributed by atoms with Crippen LogP contribution in [0.4, 0.5) is 0 Å². The lowest BCUT2D eigenvalue weighted by atomic mass is 10.00. The van der Waals surface area contributed by atoms with Gasteiger partial charge in [-0.15, -0.1) is 0 Å². The summed E-state index contributed by atoms with van der Waals surface area (Å²) in [6, 6.07) is 3.86. The molecule has 0 N–H and O–H groups in total. The number of hydrogen-bond acceptors (Lipinski definition) is 2. The molecule has 1 heterocycles. The summed E-state index contributed by atoms with van der Waals surface area (Å²) in [6.45, 7) is 4.35. The molecule has 0 amide bonds. The number of nitrogens with zero attached hydrogens (tertiary/aromatic N) is 1. The minimum Gasteiger partial charge on any atom is -0.280 e. The topological polar surface area (TPSA) is 30.0 Å². The minimum atomic E-state index is -0.243. The van der Waals surface area contributed by atoms with Crippen LogP contribution >= 0.6 is 12.6 Å². The van der Waals surface area contributed by atoms with Crippen molar-refractivity contribution in [1.82, 2.24) is 4.98 Å². The molecule has 1 fully saturated rings. The molecule has 2 rings (SSSR count). The van der Waals surface area contributed by atoms with Gasteiger partial charge in [-0.2, -0.15) is 0 Å². The summed E-state index contributed by atoms with van der Waals surface area (Å²) in [7, 11) is 0. The van der Waals surface area contributed by atoms with E-state index in [9.17, 15) is 4.79 Å². The van der Waals surface area contributed by atoms with Crippen LogP contribution in [0.3, 0.4) is 0 Å². The Morgan fingerprint density at radius 1 is 1.50 bits per heavy atom. The number of aromatic nitrogens is 1. The van der Waals surface area contributed by atoms with Crippen molar-refractivity contribution in [2.24, 2.45) is 5.92 Å². The zero-order chi connectivity index (χ0) is 11.7. The highest BCUT2D eigenvalue weighted by Crippen LogP contribution is 2.41. The van der Waals surface area contributed by atoms with Crippen LogP contribution in [0.5, 0.6) is 0 Å². The van der Waals surface area contributed by atoms with Gasteiger partial charge < -0.3 is 0 Å². The largest absolute Gasteiger partial charge is 0.280 e. The van der Waals surface area contributed by atoms with Crippen molar-refractivity contribution in [3.05, 3.63) is 29.1 Å². The van der Waals surface area contributed by atoms with E-state index in [0.29, 0.717) is 17.5 Å². The Kier molecular flexibility index (Phi) is 3.33. The monoisotopic (exact) mass is 235 g/mol. The molecule has 1 aromatic heterocycles. The fourth-order valence-electron chi connectivity index (χ4n) is 1.95. The standard InChI is InChI=1S/C13H17NOS/c1-8(2)7-12-10(9-3-4-9)5-6-11(14-12)13(15)16/h5-6,8-9H,3-4,7H2,1-2H3,(H,15,16). The van der Waals surface area contributed by atoms with Crippen molar-refractivity contribution < 1.29 is 4.79 Å². The smallest absolute Gasteiger partial charge is 0.234 e. The zero-order valence-corrected chi connectivity index (χ0v) is 10.6. The fourth-order valence-corrected chi connectivity index (χ4v) is 2.07. The molecule has 3 heteroatoms. The SMILES string of the molecule is CC(C)Cc1nc(C(=O)S)ccc1C1CC1. The lowest BCUT2D eigenvalue weighted by Crippen LogP contribution is -2.06. The second kappa shape index (κ2) is 4.58. The van der Waals surface area contributed by atoms with E-state index < -0.39 is 0 Å². The molecule has 0 atom stereocenters. The highest BCUT2D eigenvalue weighted by molar-refractivity contribution is 7.97. The minimum absolute atomic E-state index is 0.243. The van der Waals surface area contributed by atoms with Crippen LogP contribution in [0.25, 0.3) is 0 Å². The number of rotatable bonds is 4. The molecule has 16 heavy (non-hydrogen) atoms. The molecule has 0 aliphatic heterocycles. The lowest BCUT2D eigenvalue weighted by Gasteiger charge is -2.11. The van der Waals surface area contributed by atoms with Crippen LogP contribution in [0.2, 0.25) is 0 Å². The van der Waals surface area contributed by atoms with Gasteiger partial charge in [0.25, 0.3) is 0 Å². The summed E-state index contributed by atoms with van der Waals surface area (Å²) >= 11 is 3.83. The summed E-state index contributed by atoms with van der Waals surface area (Å²) in [6.07, 6.45) is 3.47. The first-order valence-corrected chi connectivity index (χ1v) is 6.25. The Morgan fingerprint density at radius 3 is 2.69 bits per heavy atom. The first kappa shape index (κ1) is 11.6. The third-order valence-corrected chi connectivity index (χ3v) is 3.08. The Hall–Kier alpha value is -0.830. The molecule has 1 aliphatic rings. The third-order valence-electron chi connectivity index (χ3n) is 2.85. The Morgan fingerprint density at radius 2 is 2.19 bits per heavy atom. The van der Waals surface area contributed by atoms with Crippen molar-refractivity contribution in [2.45, 2.75) is 39.0 Å². The number of carbonyl (C=O) groups is 1. The van der Waals surface area contributed by atoms with E-state index in [2.05, 4.69) is 37.5 Å². The predicted octanol–water partition coefficient (Wildman–Crippen LogP) is 3.23. The van der Waals surface area contributed by atoms with E-state index >= 15 is 0 Å². The summed E-state index contributed by atoms with van der Waals surface area (Å²) in [5.74, 6) is 1.25. The van der Waals surface area contributed by atoms with Crippen molar-refractivity contribution in [3.8, 4) is 0 Å². The maximum absolute atomic E-state index is 11.2. The Balaban J connectivity index is 2.34. The Bertz CT molecular complexity index is 410. The molecule has 0 radical (unpaired) electrons. The normalized spacial score (nSPS) is 15.5. The lowest BCUT2D eigenvalue weighted by molar-refractivity contribution is 0.108.